The first-order valence-electron chi connectivity index (χ1n) is 6.27. The summed E-state index contributed by atoms with van der Waals surface area (Å²) in [5, 5.41) is 6.54. The fraction of sp³-hybridized carbons (Fsp3) is 0.917. The molecule has 0 spiro atoms. The van der Waals surface area contributed by atoms with Gasteiger partial charge < -0.3 is 10.6 Å². The number of hydrogen-bond acceptors (Lipinski definition) is 2. The molecule has 86 valence electrons. The summed E-state index contributed by atoms with van der Waals surface area (Å²) in [5.41, 5.74) is 0. The predicted octanol–water partition coefficient (Wildman–Crippen LogP) is 1.43. The Kier molecular flexibility index (Phi) is 3.62. The van der Waals surface area contributed by atoms with Gasteiger partial charge in [-0.2, -0.15) is 0 Å². The van der Waals surface area contributed by atoms with E-state index in [1.807, 2.05) is 0 Å². The average Bonchev–Trinajstić information content (AvgIpc) is 2.16. The van der Waals surface area contributed by atoms with Crippen LogP contribution in [0.3, 0.4) is 0 Å². The van der Waals surface area contributed by atoms with Crippen LogP contribution in [-0.4, -0.2) is 24.5 Å². The first-order valence-corrected chi connectivity index (χ1v) is 6.27. The topological polar surface area (TPSA) is 41.1 Å². The molecule has 1 aliphatic heterocycles. The van der Waals surface area contributed by atoms with Crippen molar-refractivity contribution in [2.45, 2.75) is 57.5 Å². The van der Waals surface area contributed by atoms with Gasteiger partial charge in [0.05, 0.1) is 0 Å². The number of nitrogens with one attached hydrogen (secondary N) is 2. The van der Waals surface area contributed by atoms with Crippen LogP contribution in [0.25, 0.3) is 0 Å². The molecular formula is C12H22N2O. The molecule has 2 N–H and O–H groups in total. The monoisotopic (exact) mass is 210 g/mol. The van der Waals surface area contributed by atoms with E-state index >= 15 is 0 Å². The van der Waals surface area contributed by atoms with Crippen LogP contribution in [0.1, 0.15) is 45.4 Å². The van der Waals surface area contributed by atoms with Crippen LogP contribution in [0.2, 0.25) is 0 Å². The molecule has 0 bridgehead atoms. The Balaban J connectivity index is 1.64. The molecule has 3 heteroatoms. The van der Waals surface area contributed by atoms with E-state index in [1.165, 1.54) is 25.7 Å². The first-order chi connectivity index (χ1) is 7.24. The van der Waals surface area contributed by atoms with Crippen molar-refractivity contribution in [1.29, 1.82) is 0 Å². The van der Waals surface area contributed by atoms with Gasteiger partial charge in [-0.25, -0.2) is 0 Å². The maximum atomic E-state index is 11.0. The van der Waals surface area contributed by atoms with Crippen molar-refractivity contribution in [3.05, 3.63) is 0 Å². The lowest BCUT2D eigenvalue weighted by atomic mass is 9.81. The molecule has 2 rings (SSSR count). The van der Waals surface area contributed by atoms with Gasteiger partial charge in [-0.3, -0.25) is 4.79 Å². The summed E-state index contributed by atoms with van der Waals surface area (Å²) in [7, 11) is 0. The van der Waals surface area contributed by atoms with Gasteiger partial charge in [0.25, 0.3) is 0 Å². The van der Waals surface area contributed by atoms with Crippen LogP contribution in [0, 0.1) is 5.92 Å². The third-order valence-corrected chi connectivity index (χ3v) is 3.70. The summed E-state index contributed by atoms with van der Waals surface area (Å²) in [6.07, 6.45) is 7.27. The molecule has 2 atom stereocenters. The molecule has 0 radical (unpaired) electrons. The van der Waals surface area contributed by atoms with E-state index in [4.69, 9.17) is 0 Å². The first kappa shape index (κ1) is 10.9. The highest BCUT2D eigenvalue weighted by Gasteiger charge is 2.23. The molecule has 1 saturated heterocycles. The maximum Gasteiger partial charge on any atom is 0.220 e. The summed E-state index contributed by atoms with van der Waals surface area (Å²) in [6.45, 7) is 3.09. The van der Waals surface area contributed by atoms with E-state index in [0.717, 1.165) is 18.9 Å². The van der Waals surface area contributed by atoms with Gasteiger partial charge in [-0.15, -0.1) is 0 Å². The third-order valence-electron chi connectivity index (χ3n) is 3.70. The Hall–Kier alpha value is -0.570. The highest BCUT2D eigenvalue weighted by atomic mass is 16.1. The lowest BCUT2D eigenvalue weighted by molar-refractivity contribution is -0.122. The van der Waals surface area contributed by atoms with Gasteiger partial charge >= 0.3 is 0 Å². The number of piperidine rings is 1. The van der Waals surface area contributed by atoms with Gasteiger partial charge in [-0.1, -0.05) is 19.3 Å². The smallest absolute Gasteiger partial charge is 0.220 e. The van der Waals surface area contributed by atoms with E-state index in [0.29, 0.717) is 18.5 Å². The molecule has 3 nitrogen and oxygen atoms in total. The molecule has 1 saturated carbocycles. The minimum Gasteiger partial charge on any atom is -0.355 e. The van der Waals surface area contributed by atoms with E-state index in [-0.39, 0.29) is 5.91 Å². The van der Waals surface area contributed by atoms with Crippen LogP contribution < -0.4 is 10.6 Å². The van der Waals surface area contributed by atoms with Gasteiger partial charge in [-0.05, 0) is 25.7 Å². The van der Waals surface area contributed by atoms with Gasteiger partial charge in [0.15, 0.2) is 0 Å². The highest BCUT2D eigenvalue weighted by molar-refractivity contribution is 5.76. The fourth-order valence-electron chi connectivity index (χ4n) is 2.57. The standard InChI is InChI=1S/C12H22N2O/c1-9(7-10-3-2-4-10)14-11-5-6-12(15)13-8-11/h9-11,14H,2-8H2,1H3,(H,13,15). The van der Waals surface area contributed by atoms with Crippen molar-refractivity contribution in [1.82, 2.24) is 10.6 Å². The lowest BCUT2D eigenvalue weighted by Crippen LogP contribution is -2.49. The van der Waals surface area contributed by atoms with Crippen LogP contribution in [0.15, 0.2) is 0 Å². The Morgan fingerprint density at radius 3 is 2.80 bits per heavy atom. The fourth-order valence-corrected chi connectivity index (χ4v) is 2.57. The Bertz CT molecular complexity index is 216. The molecule has 2 unspecified atom stereocenters. The second kappa shape index (κ2) is 4.97. The summed E-state index contributed by atoms with van der Waals surface area (Å²) >= 11 is 0. The molecule has 0 aromatic heterocycles. The molecule has 0 aromatic carbocycles. The SMILES string of the molecule is CC(CC1CCC1)NC1CCC(=O)NC1. The summed E-state index contributed by atoms with van der Waals surface area (Å²) < 4.78 is 0. The normalized spacial score (nSPS) is 29.4. The molecule has 1 amide bonds. The summed E-state index contributed by atoms with van der Waals surface area (Å²) in [5.74, 6) is 1.17. The van der Waals surface area contributed by atoms with Gasteiger partial charge in [0.1, 0.15) is 0 Å². The lowest BCUT2D eigenvalue weighted by Gasteiger charge is -2.32. The van der Waals surface area contributed by atoms with Crippen molar-refractivity contribution in [3.63, 3.8) is 0 Å². The van der Waals surface area contributed by atoms with Gasteiger partial charge in [0, 0.05) is 25.0 Å². The van der Waals surface area contributed by atoms with E-state index in [9.17, 15) is 4.79 Å². The molecular weight excluding hydrogens is 188 g/mol. The maximum absolute atomic E-state index is 11.0. The number of rotatable bonds is 4. The zero-order valence-corrected chi connectivity index (χ0v) is 9.59. The van der Waals surface area contributed by atoms with Crippen LogP contribution in [-0.2, 0) is 4.79 Å². The number of carbonyl (C=O) groups excluding carboxylic acids is 1. The van der Waals surface area contributed by atoms with Crippen molar-refractivity contribution >= 4 is 5.91 Å². The largest absolute Gasteiger partial charge is 0.355 e. The van der Waals surface area contributed by atoms with Crippen LogP contribution in [0.4, 0.5) is 0 Å². The summed E-state index contributed by atoms with van der Waals surface area (Å²) in [4.78, 5) is 11.0. The number of amides is 1. The van der Waals surface area contributed by atoms with E-state index in [1.54, 1.807) is 0 Å². The predicted molar refractivity (Wildman–Crippen MR) is 60.6 cm³/mol. The van der Waals surface area contributed by atoms with Crippen LogP contribution >= 0.6 is 0 Å². The minimum atomic E-state index is 0.208. The second-order valence-corrected chi connectivity index (χ2v) is 5.14. The molecule has 0 aromatic rings. The van der Waals surface area contributed by atoms with Gasteiger partial charge in [0.2, 0.25) is 5.91 Å². The van der Waals surface area contributed by atoms with Crippen molar-refractivity contribution < 1.29 is 4.79 Å². The Morgan fingerprint density at radius 1 is 1.47 bits per heavy atom. The molecule has 1 heterocycles. The Labute approximate surface area is 92.0 Å². The molecule has 2 aliphatic rings. The van der Waals surface area contributed by atoms with E-state index in [2.05, 4.69) is 17.6 Å². The molecule has 1 aliphatic carbocycles. The van der Waals surface area contributed by atoms with E-state index < -0.39 is 0 Å². The molecule has 15 heavy (non-hydrogen) atoms. The van der Waals surface area contributed by atoms with Crippen LogP contribution in [0.5, 0.6) is 0 Å². The minimum absolute atomic E-state index is 0.208. The number of carbonyl (C=O) groups is 1. The zero-order chi connectivity index (χ0) is 10.7. The highest BCUT2D eigenvalue weighted by Crippen LogP contribution is 2.30. The average molecular weight is 210 g/mol. The third kappa shape index (κ3) is 3.20. The quantitative estimate of drug-likeness (QED) is 0.737. The zero-order valence-electron chi connectivity index (χ0n) is 9.59. The van der Waals surface area contributed by atoms with Crippen molar-refractivity contribution in [3.8, 4) is 0 Å². The summed E-state index contributed by atoms with van der Waals surface area (Å²) in [6, 6.07) is 1.10. The molecule has 2 fully saturated rings. The second-order valence-electron chi connectivity index (χ2n) is 5.14. The van der Waals surface area contributed by atoms with Crippen molar-refractivity contribution in [2.24, 2.45) is 5.92 Å². The number of hydrogen-bond donors (Lipinski definition) is 2. The van der Waals surface area contributed by atoms with Crippen molar-refractivity contribution in [2.75, 3.05) is 6.54 Å². The Morgan fingerprint density at radius 2 is 2.27 bits per heavy atom.